The molecule has 1 saturated carbocycles. The van der Waals surface area contributed by atoms with Gasteiger partial charge in [0.2, 0.25) is 5.91 Å². The molecule has 2 aromatic carbocycles. The number of halogens is 1. The highest BCUT2D eigenvalue weighted by atomic mass is 35.5. The van der Waals surface area contributed by atoms with Gasteiger partial charge in [0.1, 0.15) is 22.7 Å². The SMILES string of the molecule is Cc1sc2c(c1C)C(c1ccc(Cl)cc1)=N[C@@H]([C@@H](O)C(=O)NC1CCC(Nc3ncccc3-c3ccc4c(c3)CC(=O)N4)CC1)c1nnc(C)n1-2. The normalized spacial score (nSPS) is 20.0. The number of nitrogens with one attached hydrogen (secondary N) is 3. The Bertz CT molecular complexity index is 2200. The Kier molecular flexibility index (Phi) is 8.69. The third-order valence-electron chi connectivity index (χ3n) is 10.1. The fourth-order valence-electron chi connectivity index (χ4n) is 7.32. The molecule has 1 aliphatic carbocycles. The molecule has 5 heterocycles. The molecule has 4 N–H and O–H groups in total. The van der Waals surface area contributed by atoms with Crippen molar-refractivity contribution >= 4 is 52.0 Å². The second-order valence-electron chi connectivity index (χ2n) is 13.5. The second-order valence-corrected chi connectivity index (χ2v) is 15.1. The van der Waals surface area contributed by atoms with E-state index in [2.05, 4.69) is 51.0 Å². The molecule has 3 aliphatic rings. The highest BCUT2D eigenvalue weighted by Gasteiger charge is 2.38. The number of amides is 2. The minimum Gasteiger partial charge on any atom is -0.381 e. The molecule has 8 rings (SSSR count). The van der Waals surface area contributed by atoms with Gasteiger partial charge >= 0.3 is 0 Å². The first-order valence-corrected chi connectivity index (χ1v) is 18.3. The highest BCUT2D eigenvalue weighted by molar-refractivity contribution is 7.15. The van der Waals surface area contributed by atoms with E-state index in [0.717, 1.165) is 80.4 Å². The molecule has 5 aromatic rings. The molecule has 0 radical (unpaired) electrons. The van der Waals surface area contributed by atoms with Crippen LogP contribution in [-0.2, 0) is 16.0 Å². The molecule has 0 spiro atoms. The molecule has 2 atom stereocenters. The van der Waals surface area contributed by atoms with Gasteiger partial charge in [0.15, 0.2) is 11.9 Å². The molecule has 260 valence electrons. The molecule has 0 unspecified atom stereocenters. The zero-order chi connectivity index (χ0) is 35.4. The second kappa shape index (κ2) is 13.3. The molecule has 3 aromatic heterocycles. The number of anilines is 2. The molecular formula is C38H37ClN8O3S. The van der Waals surface area contributed by atoms with Crippen LogP contribution in [0.2, 0.25) is 5.02 Å². The largest absolute Gasteiger partial charge is 0.381 e. The molecule has 0 saturated heterocycles. The maximum Gasteiger partial charge on any atom is 0.251 e. The molecule has 11 nitrogen and oxygen atoms in total. The molecule has 13 heteroatoms. The number of hydrogen-bond acceptors (Lipinski definition) is 9. The van der Waals surface area contributed by atoms with Crippen LogP contribution in [0.1, 0.15) is 70.5 Å². The van der Waals surface area contributed by atoms with Crippen LogP contribution >= 0.6 is 22.9 Å². The Hall–Kier alpha value is -4.91. The number of aliphatic hydroxyl groups is 1. The summed E-state index contributed by atoms with van der Waals surface area (Å²) in [5.74, 6) is 1.39. The smallest absolute Gasteiger partial charge is 0.251 e. The van der Waals surface area contributed by atoms with E-state index < -0.39 is 18.1 Å². The standard InChI is InChI=1S/C38H37ClN8O3S/c1-19-20(2)51-38-31(19)32(22-6-9-25(39)10-7-22)44-33(36-46-45-21(3)47(36)38)34(49)37(50)42-27-13-11-26(12-14-27)41-35-28(5-4-16-40-35)23-8-15-29-24(17-23)18-30(48)43-29/h4-10,15-17,26-27,33-34,49H,11-14,18H2,1-3H3,(H,40,41)(H,42,50)(H,43,48)/t26?,27?,33-,34+/m0/s1. The first-order chi connectivity index (χ1) is 24.6. The van der Waals surface area contributed by atoms with E-state index in [0.29, 0.717) is 28.8 Å². The summed E-state index contributed by atoms with van der Waals surface area (Å²) in [5.41, 5.74) is 7.34. The highest BCUT2D eigenvalue weighted by Crippen LogP contribution is 2.40. The minimum atomic E-state index is -1.49. The predicted octanol–water partition coefficient (Wildman–Crippen LogP) is 6.26. The maximum absolute atomic E-state index is 13.8. The van der Waals surface area contributed by atoms with Gasteiger partial charge in [-0.25, -0.2) is 4.98 Å². The van der Waals surface area contributed by atoms with Gasteiger partial charge in [0.25, 0.3) is 5.91 Å². The summed E-state index contributed by atoms with van der Waals surface area (Å²) in [7, 11) is 0. The summed E-state index contributed by atoms with van der Waals surface area (Å²) < 4.78 is 1.93. The topological polar surface area (TPSA) is 146 Å². The van der Waals surface area contributed by atoms with Crippen LogP contribution in [0.25, 0.3) is 16.1 Å². The van der Waals surface area contributed by atoms with Crippen molar-refractivity contribution in [1.82, 2.24) is 25.1 Å². The number of aryl methyl sites for hydroxylation is 2. The van der Waals surface area contributed by atoms with Crippen LogP contribution in [0, 0.1) is 20.8 Å². The Morgan fingerprint density at radius 3 is 2.55 bits per heavy atom. The van der Waals surface area contributed by atoms with Gasteiger partial charge in [0.05, 0.1) is 12.1 Å². The van der Waals surface area contributed by atoms with Crippen molar-refractivity contribution in [3.8, 4) is 16.1 Å². The van der Waals surface area contributed by atoms with E-state index >= 15 is 0 Å². The summed E-state index contributed by atoms with van der Waals surface area (Å²) >= 11 is 7.86. The lowest BCUT2D eigenvalue weighted by Crippen LogP contribution is -2.46. The third kappa shape index (κ3) is 6.21. The summed E-state index contributed by atoms with van der Waals surface area (Å²) in [6, 6.07) is 16.5. The van der Waals surface area contributed by atoms with Crippen LogP contribution in [0.4, 0.5) is 11.5 Å². The number of aliphatic hydroxyl groups excluding tert-OH is 1. The fraction of sp³-hybridized carbons (Fsp3) is 0.316. The average molecular weight is 721 g/mol. The zero-order valence-electron chi connectivity index (χ0n) is 28.4. The van der Waals surface area contributed by atoms with Crippen LogP contribution in [-0.4, -0.2) is 60.6 Å². The first-order valence-electron chi connectivity index (χ1n) is 17.1. The van der Waals surface area contributed by atoms with Gasteiger partial charge in [-0.2, -0.15) is 0 Å². The van der Waals surface area contributed by atoms with Crippen molar-refractivity contribution in [2.75, 3.05) is 10.6 Å². The minimum absolute atomic E-state index is 0.00748. The number of carbonyl (C=O) groups excluding carboxylic acids is 2. The summed E-state index contributed by atoms with van der Waals surface area (Å²) in [5, 5.41) is 31.6. The Labute approximate surface area is 304 Å². The Morgan fingerprint density at radius 2 is 1.76 bits per heavy atom. The van der Waals surface area contributed by atoms with E-state index in [1.165, 1.54) is 0 Å². The maximum atomic E-state index is 13.8. The number of fused-ring (bicyclic) bond motifs is 4. The van der Waals surface area contributed by atoms with Crippen LogP contribution in [0.15, 0.2) is 65.8 Å². The number of carbonyl (C=O) groups is 2. The lowest BCUT2D eigenvalue weighted by atomic mass is 9.90. The number of aliphatic imine (C=N–C) groups is 1. The molecule has 2 aliphatic heterocycles. The number of aromatic nitrogens is 4. The van der Waals surface area contributed by atoms with Crippen molar-refractivity contribution in [3.63, 3.8) is 0 Å². The van der Waals surface area contributed by atoms with Crippen molar-refractivity contribution in [2.45, 2.75) is 77.1 Å². The summed E-state index contributed by atoms with van der Waals surface area (Å²) in [4.78, 5) is 36.5. The zero-order valence-corrected chi connectivity index (χ0v) is 30.0. The molecule has 1 fully saturated rings. The van der Waals surface area contributed by atoms with E-state index in [1.54, 1.807) is 17.5 Å². The third-order valence-corrected chi connectivity index (χ3v) is 11.6. The van der Waals surface area contributed by atoms with Crippen molar-refractivity contribution < 1.29 is 14.7 Å². The lowest BCUT2D eigenvalue weighted by molar-refractivity contribution is -0.131. The van der Waals surface area contributed by atoms with Gasteiger partial charge in [-0.05, 0) is 99.5 Å². The molecule has 0 bridgehead atoms. The van der Waals surface area contributed by atoms with E-state index in [-0.39, 0.29) is 18.0 Å². The molecular weight excluding hydrogens is 684 g/mol. The monoisotopic (exact) mass is 720 g/mol. The number of pyridine rings is 1. The van der Waals surface area contributed by atoms with Gasteiger partial charge in [-0.15, -0.1) is 21.5 Å². The number of rotatable bonds is 7. The first kappa shape index (κ1) is 33.2. The van der Waals surface area contributed by atoms with E-state index in [4.69, 9.17) is 16.6 Å². The van der Waals surface area contributed by atoms with Gasteiger partial charge in [-0.3, -0.25) is 19.1 Å². The number of thiophene rings is 1. The van der Waals surface area contributed by atoms with Crippen LogP contribution < -0.4 is 16.0 Å². The Morgan fingerprint density at radius 1 is 1.02 bits per heavy atom. The van der Waals surface area contributed by atoms with Crippen molar-refractivity contribution in [2.24, 2.45) is 4.99 Å². The summed E-state index contributed by atoms with van der Waals surface area (Å²) in [6.07, 6.45) is 3.76. The van der Waals surface area contributed by atoms with Crippen LogP contribution in [0.3, 0.4) is 0 Å². The van der Waals surface area contributed by atoms with E-state index in [9.17, 15) is 14.7 Å². The Balaban J connectivity index is 0.984. The van der Waals surface area contributed by atoms with Gasteiger partial charge < -0.3 is 21.1 Å². The number of benzene rings is 2. The van der Waals surface area contributed by atoms with Crippen molar-refractivity contribution in [3.05, 3.63) is 105 Å². The lowest BCUT2D eigenvalue weighted by Gasteiger charge is -2.31. The van der Waals surface area contributed by atoms with Gasteiger partial charge in [-0.1, -0.05) is 29.8 Å². The number of nitrogens with zero attached hydrogens (tertiary/aromatic N) is 5. The number of hydrogen-bond donors (Lipinski definition) is 4. The van der Waals surface area contributed by atoms with Crippen LogP contribution in [0.5, 0.6) is 0 Å². The van der Waals surface area contributed by atoms with Gasteiger partial charge in [0, 0.05) is 50.6 Å². The van der Waals surface area contributed by atoms with Crippen molar-refractivity contribution in [1.29, 1.82) is 0 Å². The fourth-order valence-corrected chi connectivity index (χ4v) is 8.66. The predicted molar refractivity (Wildman–Crippen MR) is 199 cm³/mol. The quantitative estimate of drug-likeness (QED) is 0.155. The molecule has 2 amide bonds. The molecule has 51 heavy (non-hydrogen) atoms. The average Bonchev–Trinajstić information content (AvgIpc) is 3.76. The summed E-state index contributed by atoms with van der Waals surface area (Å²) in [6.45, 7) is 6.00. The van der Waals surface area contributed by atoms with E-state index in [1.807, 2.05) is 60.0 Å².